The molecule has 1 N–H and O–H groups in total. The van der Waals surface area contributed by atoms with Crippen molar-refractivity contribution >= 4 is 29.1 Å². The van der Waals surface area contributed by atoms with Crippen LogP contribution in [-0.4, -0.2) is 24.6 Å². The lowest BCUT2D eigenvalue weighted by atomic mass is 10.1. The zero-order valence-electron chi connectivity index (χ0n) is 13.5. The molecule has 1 aliphatic rings. The molecule has 0 atom stereocenters. The Morgan fingerprint density at radius 2 is 1.96 bits per heavy atom. The first-order valence-corrected chi connectivity index (χ1v) is 8.85. The number of hydrogen-bond acceptors (Lipinski definition) is 4. The summed E-state index contributed by atoms with van der Waals surface area (Å²) < 4.78 is 5.15. The number of carbonyl (C=O) groups excluding carboxylic acids is 2. The van der Waals surface area contributed by atoms with Crippen LogP contribution < -0.4 is 10.1 Å². The van der Waals surface area contributed by atoms with Gasteiger partial charge in [0.25, 0.3) is 0 Å². The van der Waals surface area contributed by atoms with E-state index in [4.69, 9.17) is 4.74 Å². The summed E-state index contributed by atoms with van der Waals surface area (Å²) in [6, 6.07) is 14.8. The fraction of sp³-hybridized carbons (Fsp3) is 0.263. The quantitative estimate of drug-likeness (QED) is 0.610. The molecule has 1 fully saturated rings. The van der Waals surface area contributed by atoms with Crippen LogP contribution in [0.3, 0.4) is 0 Å². The Kier molecular flexibility index (Phi) is 5.20. The Labute approximate surface area is 145 Å². The van der Waals surface area contributed by atoms with E-state index in [1.807, 2.05) is 36.4 Å². The zero-order chi connectivity index (χ0) is 16.9. The van der Waals surface area contributed by atoms with Crippen molar-refractivity contribution in [2.75, 3.05) is 18.2 Å². The molecule has 0 radical (unpaired) electrons. The summed E-state index contributed by atoms with van der Waals surface area (Å²) in [6.45, 7) is 0. The van der Waals surface area contributed by atoms with Crippen molar-refractivity contribution in [2.45, 2.75) is 17.7 Å². The number of thioether (sulfide) groups is 1. The molecule has 1 amide bonds. The number of rotatable bonds is 7. The maximum atomic E-state index is 12.3. The molecule has 124 valence electrons. The first-order chi connectivity index (χ1) is 11.7. The minimum Gasteiger partial charge on any atom is -0.497 e. The molecule has 0 aromatic heterocycles. The number of ether oxygens (including phenoxy) is 1. The molecule has 2 aromatic rings. The summed E-state index contributed by atoms with van der Waals surface area (Å²) in [5.74, 6) is 1.33. The summed E-state index contributed by atoms with van der Waals surface area (Å²) in [4.78, 5) is 25.1. The smallest absolute Gasteiger partial charge is 0.227 e. The number of hydrogen-bond donors (Lipinski definition) is 1. The van der Waals surface area contributed by atoms with Crippen molar-refractivity contribution in [3.8, 4) is 5.75 Å². The predicted octanol–water partition coefficient (Wildman–Crippen LogP) is 4.02. The normalized spacial score (nSPS) is 13.4. The molecule has 3 rings (SSSR count). The zero-order valence-corrected chi connectivity index (χ0v) is 14.3. The molecule has 0 heterocycles. The average molecular weight is 341 g/mol. The van der Waals surface area contributed by atoms with Gasteiger partial charge in [-0.1, -0.05) is 18.2 Å². The van der Waals surface area contributed by atoms with Gasteiger partial charge in [-0.15, -0.1) is 11.8 Å². The second-order valence-corrected chi connectivity index (χ2v) is 6.78. The van der Waals surface area contributed by atoms with E-state index < -0.39 is 0 Å². The van der Waals surface area contributed by atoms with Crippen molar-refractivity contribution in [1.82, 2.24) is 0 Å². The van der Waals surface area contributed by atoms with E-state index >= 15 is 0 Å². The van der Waals surface area contributed by atoms with Crippen molar-refractivity contribution in [2.24, 2.45) is 5.92 Å². The average Bonchev–Trinajstić information content (AvgIpc) is 3.45. The van der Waals surface area contributed by atoms with Gasteiger partial charge in [0.1, 0.15) is 5.75 Å². The lowest BCUT2D eigenvalue weighted by Crippen LogP contribution is -2.13. The van der Waals surface area contributed by atoms with Gasteiger partial charge in [-0.05, 0) is 43.2 Å². The van der Waals surface area contributed by atoms with E-state index in [1.54, 1.807) is 19.2 Å². The van der Waals surface area contributed by atoms with Crippen LogP contribution in [0.1, 0.15) is 23.2 Å². The SMILES string of the molecule is COc1cccc(C(=O)CSc2cccc(NC(=O)C3CC3)c2)c1. The number of Topliss-reactive ketones (excluding diaryl/α,β-unsaturated/α-hetero) is 1. The standard InChI is InChI=1S/C19H19NO3S/c1-23-16-6-2-4-14(10-16)18(21)12-24-17-7-3-5-15(11-17)20-19(22)13-8-9-13/h2-7,10-11,13H,8-9,12H2,1H3,(H,20,22). The van der Waals surface area contributed by atoms with Crippen molar-refractivity contribution in [1.29, 1.82) is 0 Å². The molecule has 1 aliphatic carbocycles. The van der Waals surface area contributed by atoms with E-state index in [-0.39, 0.29) is 17.6 Å². The number of anilines is 1. The van der Waals surface area contributed by atoms with Crippen LogP contribution >= 0.6 is 11.8 Å². The highest BCUT2D eigenvalue weighted by atomic mass is 32.2. The van der Waals surface area contributed by atoms with Crippen LogP contribution in [0, 0.1) is 5.92 Å². The number of benzene rings is 2. The van der Waals surface area contributed by atoms with E-state index in [0.29, 0.717) is 17.1 Å². The van der Waals surface area contributed by atoms with Gasteiger partial charge < -0.3 is 10.1 Å². The lowest BCUT2D eigenvalue weighted by Gasteiger charge is -2.07. The maximum Gasteiger partial charge on any atom is 0.227 e. The molecule has 24 heavy (non-hydrogen) atoms. The molecule has 4 nitrogen and oxygen atoms in total. The monoisotopic (exact) mass is 341 g/mol. The molecule has 0 unspecified atom stereocenters. The molecule has 0 aliphatic heterocycles. The summed E-state index contributed by atoms with van der Waals surface area (Å²) in [5.41, 5.74) is 1.42. The summed E-state index contributed by atoms with van der Waals surface area (Å²) in [6.07, 6.45) is 1.96. The van der Waals surface area contributed by atoms with Gasteiger partial charge in [0.15, 0.2) is 5.78 Å². The van der Waals surface area contributed by atoms with Crippen LogP contribution in [0.5, 0.6) is 5.75 Å². The maximum absolute atomic E-state index is 12.3. The minimum atomic E-state index is 0.0475. The van der Waals surface area contributed by atoms with Crippen LogP contribution in [0.15, 0.2) is 53.4 Å². The summed E-state index contributed by atoms with van der Waals surface area (Å²) in [7, 11) is 1.58. The van der Waals surface area contributed by atoms with E-state index in [0.717, 1.165) is 23.4 Å². The van der Waals surface area contributed by atoms with Crippen LogP contribution in [0.2, 0.25) is 0 Å². The first-order valence-electron chi connectivity index (χ1n) is 7.86. The van der Waals surface area contributed by atoms with Gasteiger partial charge >= 0.3 is 0 Å². The second kappa shape index (κ2) is 7.53. The summed E-state index contributed by atoms with van der Waals surface area (Å²) >= 11 is 1.46. The molecule has 0 spiro atoms. The fourth-order valence-corrected chi connectivity index (χ4v) is 3.13. The molecule has 0 bridgehead atoms. The Morgan fingerprint density at radius 3 is 2.71 bits per heavy atom. The van der Waals surface area contributed by atoms with Gasteiger partial charge in [0, 0.05) is 22.1 Å². The van der Waals surface area contributed by atoms with Gasteiger partial charge in [0.2, 0.25) is 5.91 Å². The third-order valence-electron chi connectivity index (χ3n) is 3.81. The highest BCUT2D eigenvalue weighted by Crippen LogP contribution is 2.31. The number of amides is 1. The third-order valence-corrected chi connectivity index (χ3v) is 4.81. The van der Waals surface area contributed by atoms with E-state index in [2.05, 4.69) is 5.32 Å². The number of carbonyl (C=O) groups is 2. The molecular weight excluding hydrogens is 322 g/mol. The lowest BCUT2D eigenvalue weighted by molar-refractivity contribution is -0.117. The number of ketones is 1. The fourth-order valence-electron chi connectivity index (χ4n) is 2.28. The van der Waals surface area contributed by atoms with Crippen LogP contribution in [0.4, 0.5) is 5.69 Å². The number of nitrogens with one attached hydrogen (secondary N) is 1. The van der Waals surface area contributed by atoms with Gasteiger partial charge in [-0.3, -0.25) is 9.59 Å². The highest BCUT2D eigenvalue weighted by Gasteiger charge is 2.29. The Hall–Kier alpha value is -2.27. The van der Waals surface area contributed by atoms with Gasteiger partial charge in [-0.2, -0.15) is 0 Å². The topological polar surface area (TPSA) is 55.4 Å². The van der Waals surface area contributed by atoms with Gasteiger partial charge in [0.05, 0.1) is 12.9 Å². The predicted molar refractivity (Wildman–Crippen MR) is 95.8 cm³/mol. The van der Waals surface area contributed by atoms with Crippen molar-refractivity contribution < 1.29 is 14.3 Å². The van der Waals surface area contributed by atoms with Crippen LogP contribution in [0.25, 0.3) is 0 Å². The number of methoxy groups -OCH3 is 1. The molecule has 5 heteroatoms. The third kappa shape index (κ3) is 4.38. The molecule has 1 saturated carbocycles. The van der Waals surface area contributed by atoms with Gasteiger partial charge in [-0.25, -0.2) is 0 Å². The largest absolute Gasteiger partial charge is 0.497 e. The molecular formula is C19H19NO3S. The van der Waals surface area contributed by atoms with E-state index in [9.17, 15) is 9.59 Å². The Balaban J connectivity index is 1.59. The highest BCUT2D eigenvalue weighted by molar-refractivity contribution is 8.00. The minimum absolute atomic E-state index is 0.0475. The van der Waals surface area contributed by atoms with Crippen LogP contribution in [-0.2, 0) is 4.79 Å². The summed E-state index contributed by atoms with van der Waals surface area (Å²) in [5, 5.41) is 2.92. The first kappa shape index (κ1) is 16.6. The molecule has 0 saturated heterocycles. The molecule has 2 aromatic carbocycles. The van der Waals surface area contributed by atoms with Crippen molar-refractivity contribution in [3.63, 3.8) is 0 Å². The van der Waals surface area contributed by atoms with E-state index in [1.165, 1.54) is 11.8 Å². The Morgan fingerprint density at radius 1 is 1.17 bits per heavy atom. The second-order valence-electron chi connectivity index (χ2n) is 5.74. The van der Waals surface area contributed by atoms with Crippen molar-refractivity contribution in [3.05, 3.63) is 54.1 Å². The Bertz CT molecular complexity index is 756.